The van der Waals surface area contributed by atoms with Gasteiger partial charge in [0.15, 0.2) is 0 Å². The summed E-state index contributed by atoms with van der Waals surface area (Å²) in [6, 6.07) is 0. The van der Waals surface area contributed by atoms with Crippen LogP contribution in [0.5, 0.6) is 0 Å². The van der Waals surface area contributed by atoms with Gasteiger partial charge in [-0.25, -0.2) is 0 Å². The molecule has 0 aromatic rings. The molecule has 7 nitrogen and oxygen atoms in total. The van der Waals surface area contributed by atoms with Crippen LogP contribution in [-0.4, -0.2) is 59.6 Å². The number of carbonyl (C=O) groups is 3. The molecule has 1 rings (SSSR count). The van der Waals surface area contributed by atoms with Crippen molar-refractivity contribution in [3.8, 4) is 0 Å². The van der Waals surface area contributed by atoms with Crippen molar-refractivity contribution in [1.29, 1.82) is 0 Å². The molecular formula is C16H28N2O5. The van der Waals surface area contributed by atoms with Gasteiger partial charge in [-0.1, -0.05) is 13.8 Å². The van der Waals surface area contributed by atoms with Crippen molar-refractivity contribution in [2.75, 3.05) is 26.3 Å². The standard InChI is InChI=1S/C16H28N2O5/c1-3-8-18(9-4-2)14(20)6-5-13(19)17-16(11-15(21)22)7-10-23-12-16/h3-12H2,1-2H3,(H,17,19)(H,21,22). The van der Waals surface area contributed by atoms with Crippen LogP contribution in [0.4, 0.5) is 0 Å². The predicted molar refractivity (Wildman–Crippen MR) is 85.0 cm³/mol. The highest BCUT2D eigenvalue weighted by atomic mass is 16.5. The first-order valence-corrected chi connectivity index (χ1v) is 8.30. The molecule has 0 saturated carbocycles. The Morgan fingerprint density at radius 1 is 1.17 bits per heavy atom. The number of carboxylic acid groups (broad SMARTS) is 1. The molecule has 1 fully saturated rings. The molecule has 0 aromatic heterocycles. The molecule has 0 aliphatic carbocycles. The smallest absolute Gasteiger partial charge is 0.305 e. The summed E-state index contributed by atoms with van der Waals surface area (Å²) < 4.78 is 5.24. The van der Waals surface area contributed by atoms with E-state index in [0.29, 0.717) is 26.1 Å². The van der Waals surface area contributed by atoms with Crippen molar-refractivity contribution in [1.82, 2.24) is 10.2 Å². The normalized spacial score (nSPS) is 20.3. The van der Waals surface area contributed by atoms with Crippen molar-refractivity contribution in [2.24, 2.45) is 0 Å². The number of carbonyl (C=O) groups excluding carboxylic acids is 2. The molecule has 1 saturated heterocycles. The second-order valence-electron chi connectivity index (χ2n) is 6.08. The zero-order chi connectivity index (χ0) is 17.3. The highest BCUT2D eigenvalue weighted by Crippen LogP contribution is 2.23. The molecule has 0 spiro atoms. The van der Waals surface area contributed by atoms with Gasteiger partial charge >= 0.3 is 5.97 Å². The van der Waals surface area contributed by atoms with Crippen molar-refractivity contribution in [3.05, 3.63) is 0 Å². The average Bonchev–Trinajstić information content (AvgIpc) is 2.91. The Morgan fingerprint density at radius 3 is 2.30 bits per heavy atom. The fraction of sp³-hybridized carbons (Fsp3) is 0.812. The lowest BCUT2D eigenvalue weighted by Crippen LogP contribution is -2.50. The van der Waals surface area contributed by atoms with E-state index in [1.165, 1.54) is 0 Å². The molecule has 2 amide bonds. The Kier molecular flexibility index (Phi) is 8.02. The molecule has 7 heteroatoms. The number of ether oxygens (including phenoxy) is 1. The van der Waals surface area contributed by atoms with Crippen LogP contribution >= 0.6 is 0 Å². The summed E-state index contributed by atoms with van der Waals surface area (Å²) in [6.07, 6.45) is 2.31. The Morgan fingerprint density at radius 2 is 1.83 bits per heavy atom. The van der Waals surface area contributed by atoms with Gasteiger partial charge in [-0.3, -0.25) is 14.4 Å². The molecule has 23 heavy (non-hydrogen) atoms. The van der Waals surface area contributed by atoms with Crippen LogP contribution in [0, 0.1) is 0 Å². The van der Waals surface area contributed by atoms with E-state index in [0.717, 1.165) is 12.8 Å². The van der Waals surface area contributed by atoms with Gasteiger partial charge in [-0.2, -0.15) is 0 Å². The Balaban J connectivity index is 2.48. The number of amides is 2. The van der Waals surface area contributed by atoms with E-state index >= 15 is 0 Å². The van der Waals surface area contributed by atoms with Gasteiger partial charge in [0.2, 0.25) is 11.8 Å². The summed E-state index contributed by atoms with van der Waals surface area (Å²) in [6.45, 7) is 6.07. The molecule has 1 unspecified atom stereocenters. The maximum atomic E-state index is 12.1. The lowest BCUT2D eigenvalue weighted by atomic mass is 9.94. The molecule has 1 aliphatic rings. The van der Waals surface area contributed by atoms with Crippen molar-refractivity contribution in [2.45, 2.75) is 57.9 Å². The number of nitrogens with one attached hydrogen (secondary N) is 1. The third-order valence-electron chi connectivity index (χ3n) is 3.90. The molecule has 1 atom stereocenters. The van der Waals surface area contributed by atoms with Crippen LogP contribution in [0.25, 0.3) is 0 Å². The van der Waals surface area contributed by atoms with Crippen LogP contribution in [0.2, 0.25) is 0 Å². The lowest BCUT2D eigenvalue weighted by molar-refractivity contribution is -0.139. The molecule has 1 heterocycles. The summed E-state index contributed by atoms with van der Waals surface area (Å²) in [5.74, 6) is -1.29. The number of rotatable bonds is 10. The number of nitrogens with zero attached hydrogens (tertiary/aromatic N) is 1. The minimum Gasteiger partial charge on any atom is -0.481 e. The van der Waals surface area contributed by atoms with Crippen molar-refractivity contribution in [3.63, 3.8) is 0 Å². The number of aliphatic carboxylic acids is 1. The highest BCUT2D eigenvalue weighted by molar-refractivity contribution is 5.84. The number of hydrogen-bond acceptors (Lipinski definition) is 4. The van der Waals surface area contributed by atoms with Crippen LogP contribution in [-0.2, 0) is 19.1 Å². The Hall–Kier alpha value is -1.63. The predicted octanol–water partition coefficient (Wildman–Crippen LogP) is 1.17. The van der Waals surface area contributed by atoms with Gasteiger partial charge in [-0.05, 0) is 19.3 Å². The third-order valence-corrected chi connectivity index (χ3v) is 3.90. The number of carboxylic acids is 1. The quantitative estimate of drug-likeness (QED) is 0.627. The fourth-order valence-electron chi connectivity index (χ4n) is 2.82. The first-order chi connectivity index (χ1) is 10.9. The Bertz CT molecular complexity index is 413. The zero-order valence-corrected chi connectivity index (χ0v) is 14.1. The lowest BCUT2D eigenvalue weighted by Gasteiger charge is -2.27. The SMILES string of the molecule is CCCN(CCC)C(=O)CCC(=O)NC1(CC(=O)O)CCOC1. The minimum atomic E-state index is -0.969. The summed E-state index contributed by atoms with van der Waals surface area (Å²) in [7, 11) is 0. The van der Waals surface area contributed by atoms with Crippen molar-refractivity contribution >= 4 is 17.8 Å². The highest BCUT2D eigenvalue weighted by Gasteiger charge is 2.38. The average molecular weight is 328 g/mol. The summed E-state index contributed by atoms with van der Waals surface area (Å²) >= 11 is 0. The maximum absolute atomic E-state index is 12.1. The van der Waals surface area contributed by atoms with Crippen LogP contribution < -0.4 is 5.32 Å². The second kappa shape index (κ2) is 9.50. The molecular weight excluding hydrogens is 300 g/mol. The molecule has 0 bridgehead atoms. The number of hydrogen-bond donors (Lipinski definition) is 2. The molecule has 0 aromatic carbocycles. The second-order valence-corrected chi connectivity index (χ2v) is 6.08. The van der Waals surface area contributed by atoms with Gasteiger partial charge < -0.3 is 20.1 Å². The first-order valence-electron chi connectivity index (χ1n) is 8.30. The topological polar surface area (TPSA) is 95.9 Å². The maximum Gasteiger partial charge on any atom is 0.305 e. The van der Waals surface area contributed by atoms with E-state index in [1.807, 2.05) is 13.8 Å². The van der Waals surface area contributed by atoms with E-state index in [9.17, 15) is 14.4 Å². The summed E-state index contributed by atoms with van der Waals surface area (Å²) in [5.41, 5.74) is -0.835. The van der Waals surface area contributed by atoms with Crippen LogP contribution in [0.15, 0.2) is 0 Å². The molecule has 2 N–H and O–H groups in total. The third kappa shape index (κ3) is 6.56. The summed E-state index contributed by atoms with van der Waals surface area (Å²) in [4.78, 5) is 37.0. The van der Waals surface area contributed by atoms with E-state index in [4.69, 9.17) is 9.84 Å². The van der Waals surface area contributed by atoms with Gasteiger partial charge in [0, 0.05) is 32.5 Å². The van der Waals surface area contributed by atoms with Crippen LogP contribution in [0.3, 0.4) is 0 Å². The minimum absolute atomic E-state index is 0.0289. The van der Waals surface area contributed by atoms with Crippen LogP contribution in [0.1, 0.15) is 52.4 Å². The Labute approximate surface area is 137 Å². The fourth-order valence-corrected chi connectivity index (χ4v) is 2.82. The monoisotopic (exact) mass is 328 g/mol. The largest absolute Gasteiger partial charge is 0.481 e. The molecule has 1 aliphatic heterocycles. The summed E-state index contributed by atoms with van der Waals surface area (Å²) in [5, 5.41) is 11.8. The molecule has 132 valence electrons. The first kappa shape index (κ1) is 19.4. The van der Waals surface area contributed by atoms with Gasteiger partial charge in [0.05, 0.1) is 18.6 Å². The zero-order valence-electron chi connectivity index (χ0n) is 14.1. The van der Waals surface area contributed by atoms with E-state index < -0.39 is 11.5 Å². The van der Waals surface area contributed by atoms with E-state index in [2.05, 4.69) is 5.32 Å². The molecule has 0 radical (unpaired) electrons. The van der Waals surface area contributed by atoms with Gasteiger partial charge in [0.25, 0.3) is 0 Å². The van der Waals surface area contributed by atoms with Crippen molar-refractivity contribution < 1.29 is 24.2 Å². The van der Waals surface area contributed by atoms with E-state index in [1.54, 1.807) is 4.90 Å². The van der Waals surface area contributed by atoms with E-state index in [-0.39, 0.29) is 37.7 Å². The van der Waals surface area contributed by atoms with Gasteiger partial charge in [-0.15, -0.1) is 0 Å². The van der Waals surface area contributed by atoms with Gasteiger partial charge in [0.1, 0.15) is 0 Å².